The number of aliphatic hydroxyl groups is 1. The van der Waals surface area contributed by atoms with E-state index in [-0.39, 0.29) is 12.8 Å². The molecule has 8 N–H and O–H groups in total. The van der Waals surface area contributed by atoms with Gasteiger partial charge in [-0.2, -0.15) is 0 Å². The van der Waals surface area contributed by atoms with Crippen LogP contribution in [0.3, 0.4) is 0 Å². The van der Waals surface area contributed by atoms with E-state index >= 15 is 0 Å². The number of H-pyrrole nitrogens is 2. The van der Waals surface area contributed by atoms with E-state index in [1.807, 2.05) is 24.3 Å². The van der Waals surface area contributed by atoms with Crippen LogP contribution in [0.1, 0.15) is 11.3 Å². The zero-order valence-corrected chi connectivity index (χ0v) is 16.5. The van der Waals surface area contributed by atoms with Gasteiger partial charge in [-0.25, -0.2) is 9.78 Å². The van der Waals surface area contributed by atoms with Crippen LogP contribution in [0.4, 0.5) is 0 Å². The quantitative estimate of drug-likeness (QED) is 0.217. The van der Waals surface area contributed by atoms with Crippen molar-refractivity contribution in [3.05, 3.63) is 54.2 Å². The van der Waals surface area contributed by atoms with E-state index < -0.39 is 42.5 Å². The lowest BCUT2D eigenvalue weighted by atomic mass is 10.0. The average Bonchev–Trinajstić information content (AvgIpc) is 3.42. The Kier molecular flexibility index (Phi) is 7.00. The molecule has 0 fully saturated rings. The number of para-hydroxylation sites is 1. The molecule has 3 rings (SSSR count). The minimum absolute atomic E-state index is 0.00895. The smallest absolute Gasteiger partial charge is 0.326 e. The van der Waals surface area contributed by atoms with Gasteiger partial charge in [0.2, 0.25) is 11.8 Å². The lowest BCUT2D eigenvalue weighted by molar-refractivity contribution is -0.142. The van der Waals surface area contributed by atoms with Gasteiger partial charge in [-0.3, -0.25) is 9.59 Å². The molecule has 1 aromatic carbocycles. The predicted octanol–water partition coefficient (Wildman–Crippen LogP) is -0.950. The Hall–Kier alpha value is -3.70. The van der Waals surface area contributed by atoms with Gasteiger partial charge in [0.05, 0.1) is 12.9 Å². The maximum absolute atomic E-state index is 13.0. The first-order valence-electron chi connectivity index (χ1n) is 9.61. The van der Waals surface area contributed by atoms with E-state index in [0.29, 0.717) is 5.69 Å². The number of carbonyl (C=O) groups is 3. The highest BCUT2D eigenvalue weighted by Crippen LogP contribution is 2.19. The zero-order valence-electron chi connectivity index (χ0n) is 16.5. The van der Waals surface area contributed by atoms with Crippen molar-refractivity contribution in [2.45, 2.75) is 31.0 Å². The summed E-state index contributed by atoms with van der Waals surface area (Å²) in [7, 11) is 0. The van der Waals surface area contributed by atoms with Crippen molar-refractivity contribution in [2.75, 3.05) is 6.61 Å². The number of carboxylic acid groups (broad SMARTS) is 1. The number of nitrogens with zero attached hydrogens (tertiary/aromatic N) is 1. The molecule has 164 valence electrons. The van der Waals surface area contributed by atoms with Gasteiger partial charge in [-0.15, -0.1) is 0 Å². The number of aliphatic carboxylic acids is 1. The first kappa shape index (κ1) is 22.0. The maximum atomic E-state index is 13.0. The van der Waals surface area contributed by atoms with Crippen molar-refractivity contribution in [3.8, 4) is 0 Å². The summed E-state index contributed by atoms with van der Waals surface area (Å²) in [6.45, 7) is -0.592. The Balaban J connectivity index is 1.80. The number of aromatic amines is 2. The number of benzene rings is 1. The third kappa shape index (κ3) is 5.47. The molecule has 0 aliphatic carbocycles. The molecule has 0 radical (unpaired) electrons. The monoisotopic (exact) mass is 428 g/mol. The van der Waals surface area contributed by atoms with Gasteiger partial charge in [0.15, 0.2) is 0 Å². The SMILES string of the molecule is N[C@@H](CO)C(=O)N[C@@H](Cc1c[nH]c2ccccc12)C(=O)N[C@@H](Cc1cnc[nH]1)C(=O)O. The topological polar surface area (TPSA) is 186 Å². The van der Waals surface area contributed by atoms with Crippen molar-refractivity contribution >= 4 is 28.7 Å². The van der Waals surface area contributed by atoms with Crippen molar-refractivity contribution in [1.29, 1.82) is 0 Å². The molecular formula is C20H24N6O5. The molecule has 11 heteroatoms. The number of aliphatic hydroxyl groups excluding tert-OH is 1. The van der Waals surface area contributed by atoms with Crippen LogP contribution in [-0.4, -0.2) is 67.7 Å². The van der Waals surface area contributed by atoms with E-state index in [0.717, 1.165) is 16.5 Å². The third-order valence-electron chi connectivity index (χ3n) is 4.86. The molecule has 0 aliphatic rings. The molecule has 2 amide bonds. The number of imidazole rings is 1. The predicted molar refractivity (Wildman–Crippen MR) is 111 cm³/mol. The third-order valence-corrected chi connectivity index (χ3v) is 4.86. The van der Waals surface area contributed by atoms with Gasteiger partial charge in [-0.1, -0.05) is 18.2 Å². The fourth-order valence-electron chi connectivity index (χ4n) is 3.18. The second-order valence-corrected chi connectivity index (χ2v) is 7.09. The Labute approximate surface area is 177 Å². The molecule has 0 saturated carbocycles. The number of hydrogen-bond acceptors (Lipinski definition) is 6. The van der Waals surface area contributed by atoms with Crippen LogP contribution < -0.4 is 16.4 Å². The summed E-state index contributed by atoms with van der Waals surface area (Å²) >= 11 is 0. The molecule has 0 unspecified atom stereocenters. The molecule has 2 aromatic heterocycles. The number of hydrogen-bond donors (Lipinski definition) is 7. The first-order chi connectivity index (χ1) is 14.9. The van der Waals surface area contributed by atoms with Gasteiger partial charge in [0, 0.05) is 41.8 Å². The van der Waals surface area contributed by atoms with Gasteiger partial charge in [0.25, 0.3) is 0 Å². The van der Waals surface area contributed by atoms with Crippen LogP contribution in [0.2, 0.25) is 0 Å². The normalized spacial score (nSPS) is 14.0. The number of rotatable bonds is 10. The largest absolute Gasteiger partial charge is 0.480 e. The summed E-state index contributed by atoms with van der Waals surface area (Å²) in [5.74, 6) is -2.63. The Bertz CT molecular complexity index is 1050. The van der Waals surface area contributed by atoms with E-state index in [2.05, 4.69) is 25.6 Å². The lowest BCUT2D eigenvalue weighted by Gasteiger charge is -2.22. The summed E-state index contributed by atoms with van der Waals surface area (Å²) in [6.07, 6.45) is 4.68. The standard InChI is InChI=1S/C20H24N6O5/c21-14(9-27)18(28)25-16(5-11-7-23-15-4-2-1-3-13(11)15)19(29)26-17(20(30)31)6-12-8-22-10-24-12/h1-4,7-8,10,14,16-17,23,27H,5-6,9,21H2,(H,22,24)(H,25,28)(H,26,29)(H,30,31)/t14-,16-,17-/m0/s1. The summed E-state index contributed by atoms with van der Waals surface area (Å²) in [6, 6.07) is 3.91. The van der Waals surface area contributed by atoms with E-state index in [1.54, 1.807) is 6.20 Å². The molecule has 2 heterocycles. The number of nitrogens with one attached hydrogen (secondary N) is 4. The summed E-state index contributed by atoms with van der Waals surface area (Å²) in [4.78, 5) is 46.6. The summed E-state index contributed by atoms with van der Waals surface area (Å²) in [5.41, 5.74) is 7.72. The molecule has 0 aliphatic heterocycles. The van der Waals surface area contributed by atoms with Crippen LogP contribution in [-0.2, 0) is 27.2 Å². The van der Waals surface area contributed by atoms with Gasteiger partial charge in [0.1, 0.15) is 18.1 Å². The molecule has 0 spiro atoms. The Morgan fingerprint density at radius 1 is 1.06 bits per heavy atom. The van der Waals surface area contributed by atoms with Gasteiger partial charge < -0.3 is 36.5 Å². The van der Waals surface area contributed by atoms with Crippen LogP contribution in [0.5, 0.6) is 0 Å². The van der Waals surface area contributed by atoms with E-state index in [9.17, 15) is 19.5 Å². The highest BCUT2D eigenvalue weighted by molar-refractivity contribution is 5.93. The van der Waals surface area contributed by atoms with E-state index in [1.165, 1.54) is 12.5 Å². The number of carbonyl (C=O) groups excluding carboxylic acids is 2. The molecule has 0 bridgehead atoms. The highest BCUT2D eigenvalue weighted by atomic mass is 16.4. The van der Waals surface area contributed by atoms with Crippen molar-refractivity contribution < 1.29 is 24.6 Å². The summed E-state index contributed by atoms with van der Waals surface area (Å²) in [5, 5.41) is 24.5. The number of fused-ring (bicyclic) bond motifs is 1. The Morgan fingerprint density at radius 3 is 2.48 bits per heavy atom. The second-order valence-electron chi connectivity index (χ2n) is 7.09. The molecule has 3 atom stereocenters. The van der Waals surface area contributed by atoms with Crippen LogP contribution in [0.15, 0.2) is 43.0 Å². The molecule has 11 nitrogen and oxygen atoms in total. The van der Waals surface area contributed by atoms with Crippen LogP contribution in [0, 0.1) is 0 Å². The minimum Gasteiger partial charge on any atom is -0.480 e. The zero-order chi connectivity index (χ0) is 22.4. The minimum atomic E-state index is -1.23. The van der Waals surface area contributed by atoms with Crippen molar-refractivity contribution in [1.82, 2.24) is 25.6 Å². The molecular weight excluding hydrogens is 404 g/mol. The molecule has 3 aromatic rings. The lowest BCUT2D eigenvalue weighted by Crippen LogP contribution is -2.56. The fourth-order valence-corrected chi connectivity index (χ4v) is 3.18. The molecule has 31 heavy (non-hydrogen) atoms. The van der Waals surface area contributed by atoms with Gasteiger partial charge in [-0.05, 0) is 11.6 Å². The number of carboxylic acids is 1. The van der Waals surface area contributed by atoms with Crippen molar-refractivity contribution in [2.24, 2.45) is 5.73 Å². The summed E-state index contributed by atoms with van der Waals surface area (Å²) < 4.78 is 0. The molecule has 0 saturated heterocycles. The van der Waals surface area contributed by atoms with Crippen LogP contribution in [0.25, 0.3) is 10.9 Å². The number of nitrogens with two attached hydrogens (primary N) is 1. The number of aromatic nitrogens is 3. The van der Waals surface area contributed by atoms with Crippen molar-refractivity contribution in [3.63, 3.8) is 0 Å². The first-order valence-corrected chi connectivity index (χ1v) is 9.61. The second kappa shape index (κ2) is 9.87. The van der Waals surface area contributed by atoms with Crippen LogP contribution >= 0.6 is 0 Å². The van der Waals surface area contributed by atoms with E-state index in [4.69, 9.17) is 10.8 Å². The highest BCUT2D eigenvalue weighted by Gasteiger charge is 2.29. The Morgan fingerprint density at radius 2 is 1.81 bits per heavy atom. The van der Waals surface area contributed by atoms with Gasteiger partial charge >= 0.3 is 5.97 Å². The maximum Gasteiger partial charge on any atom is 0.326 e. The fraction of sp³-hybridized carbons (Fsp3) is 0.300. The average molecular weight is 428 g/mol. The number of amides is 2.